The second-order valence-corrected chi connectivity index (χ2v) is 10.0. The van der Waals surface area contributed by atoms with Crippen LogP contribution in [0.1, 0.15) is 54.9 Å². The Morgan fingerprint density at radius 2 is 1.90 bits per heavy atom. The molecule has 1 aliphatic rings. The van der Waals surface area contributed by atoms with Crippen molar-refractivity contribution < 1.29 is 17.9 Å². The number of sulfone groups is 1. The first-order valence-electron chi connectivity index (χ1n) is 11.1. The van der Waals surface area contributed by atoms with Crippen LogP contribution in [0.3, 0.4) is 0 Å². The molecule has 0 spiro atoms. The first-order chi connectivity index (χ1) is 15.0. The molecule has 0 saturated carbocycles. The van der Waals surface area contributed by atoms with Gasteiger partial charge in [0.05, 0.1) is 10.6 Å². The molecule has 0 radical (unpaired) electrons. The van der Waals surface area contributed by atoms with E-state index in [9.17, 15) is 13.2 Å². The van der Waals surface area contributed by atoms with Crippen LogP contribution in [0.25, 0.3) is 0 Å². The summed E-state index contributed by atoms with van der Waals surface area (Å²) in [6.07, 6.45) is 5.62. The molecule has 0 unspecified atom stereocenters. The first-order valence-corrected chi connectivity index (χ1v) is 12.7. The maximum Gasteiger partial charge on any atom is 0.258 e. The molecule has 1 heterocycles. The maximum atomic E-state index is 13.1. The topological polar surface area (TPSA) is 89.7 Å². The molecule has 0 aliphatic carbocycles. The van der Waals surface area contributed by atoms with Crippen LogP contribution in [0.15, 0.2) is 47.4 Å². The lowest BCUT2D eigenvalue weighted by Crippen LogP contribution is -2.28. The second kappa shape index (κ2) is 10.8. The van der Waals surface area contributed by atoms with E-state index in [1.54, 1.807) is 47.4 Å². The highest BCUT2D eigenvalue weighted by Gasteiger charge is 2.27. The van der Waals surface area contributed by atoms with Crippen LogP contribution >= 0.6 is 0 Å². The van der Waals surface area contributed by atoms with E-state index in [1.165, 1.54) is 0 Å². The quantitative estimate of drug-likeness (QED) is 0.530. The van der Waals surface area contributed by atoms with Crippen LogP contribution in [-0.4, -0.2) is 39.8 Å². The van der Waals surface area contributed by atoms with Crippen molar-refractivity contribution in [3.63, 3.8) is 0 Å². The van der Waals surface area contributed by atoms with Gasteiger partial charge in [-0.05, 0) is 54.8 Å². The lowest BCUT2D eigenvalue weighted by atomic mass is 10.1. The normalized spacial score (nSPS) is 13.3. The van der Waals surface area contributed by atoms with Gasteiger partial charge in [-0.15, -0.1) is 0 Å². The minimum Gasteiger partial charge on any atom is -0.492 e. The molecule has 3 rings (SSSR count). The van der Waals surface area contributed by atoms with Crippen LogP contribution in [-0.2, 0) is 16.3 Å². The van der Waals surface area contributed by atoms with Crippen LogP contribution in [0.4, 0.5) is 5.69 Å². The van der Waals surface area contributed by atoms with Gasteiger partial charge < -0.3 is 15.4 Å². The van der Waals surface area contributed by atoms with Crippen LogP contribution in [0.2, 0.25) is 0 Å². The summed E-state index contributed by atoms with van der Waals surface area (Å²) in [5.41, 5.74) is 7.68. The van der Waals surface area contributed by atoms with Crippen molar-refractivity contribution in [3.8, 4) is 5.75 Å². The number of unbranched alkanes of at least 4 members (excludes halogenated alkanes) is 4. The average molecular weight is 445 g/mol. The van der Waals surface area contributed by atoms with E-state index in [2.05, 4.69) is 6.92 Å². The smallest absolute Gasteiger partial charge is 0.258 e. The van der Waals surface area contributed by atoms with Gasteiger partial charge >= 0.3 is 0 Å². The SMILES string of the molecule is CCCCCCCS(=O)(=O)c1ccc2c(c1)CCN2C(=O)c1cccc(OCCN)c1. The summed E-state index contributed by atoms with van der Waals surface area (Å²) in [6.45, 7) is 3.46. The highest BCUT2D eigenvalue weighted by Crippen LogP contribution is 2.32. The van der Waals surface area contributed by atoms with Gasteiger partial charge in [0.15, 0.2) is 9.84 Å². The maximum absolute atomic E-state index is 13.1. The number of hydrogen-bond acceptors (Lipinski definition) is 5. The molecule has 0 aromatic heterocycles. The van der Waals surface area contributed by atoms with Gasteiger partial charge in [0, 0.05) is 24.3 Å². The largest absolute Gasteiger partial charge is 0.492 e. The summed E-state index contributed by atoms with van der Waals surface area (Å²) in [6, 6.07) is 12.2. The number of amides is 1. The summed E-state index contributed by atoms with van der Waals surface area (Å²) < 4.78 is 31.0. The first kappa shape index (κ1) is 23.3. The molecule has 1 aliphatic heterocycles. The van der Waals surface area contributed by atoms with Crippen molar-refractivity contribution in [2.45, 2.75) is 50.3 Å². The fourth-order valence-electron chi connectivity index (χ4n) is 3.85. The Bertz CT molecular complexity index is 1000. The van der Waals surface area contributed by atoms with Gasteiger partial charge in [-0.2, -0.15) is 0 Å². The number of carbonyl (C=O) groups is 1. The molecule has 7 heteroatoms. The fourth-order valence-corrected chi connectivity index (χ4v) is 5.26. The minimum absolute atomic E-state index is 0.122. The van der Waals surface area contributed by atoms with Gasteiger partial charge in [0.1, 0.15) is 12.4 Å². The predicted octanol–water partition coefficient (Wildman–Crippen LogP) is 3.97. The highest BCUT2D eigenvalue weighted by molar-refractivity contribution is 7.91. The Kier molecular flexibility index (Phi) is 8.09. The van der Waals surface area contributed by atoms with Gasteiger partial charge in [-0.1, -0.05) is 38.7 Å². The van der Waals surface area contributed by atoms with E-state index in [4.69, 9.17) is 10.5 Å². The van der Waals surface area contributed by atoms with E-state index in [-0.39, 0.29) is 11.7 Å². The molecule has 2 N–H and O–H groups in total. The third kappa shape index (κ3) is 5.86. The number of carbonyl (C=O) groups excluding carboxylic acids is 1. The van der Waals surface area contributed by atoms with E-state index >= 15 is 0 Å². The Labute approximate surface area is 185 Å². The van der Waals surface area contributed by atoms with Crippen LogP contribution < -0.4 is 15.4 Å². The molecule has 1 amide bonds. The zero-order chi connectivity index (χ0) is 22.3. The number of rotatable bonds is 11. The molecule has 0 fully saturated rings. The summed E-state index contributed by atoms with van der Waals surface area (Å²) in [5.74, 6) is 0.660. The summed E-state index contributed by atoms with van der Waals surface area (Å²) in [7, 11) is -3.30. The summed E-state index contributed by atoms with van der Waals surface area (Å²) in [5, 5.41) is 0. The number of ether oxygens (including phenoxy) is 1. The third-order valence-corrected chi connectivity index (χ3v) is 7.33. The van der Waals surface area contributed by atoms with Gasteiger partial charge in [-0.25, -0.2) is 8.42 Å². The lowest BCUT2D eigenvalue weighted by molar-refractivity contribution is 0.0989. The van der Waals surface area contributed by atoms with Crippen molar-refractivity contribution in [2.24, 2.45) is 5.73 Å². The summed E-state index contributed by atoms with van der Waals surface area (Å²) in [4.78, 5) is 15.1. The van der Waals surface area contributed by atoms with Crippen molar-refractivity contribution in [1.29, 1.82) is 0 Å². The van der Waals surface area contributed by atoms with Gasteiger partial charge in [0.2, 0.25) is 0 Å². The van der Waals surface area contributed by atoms with Crippen molar-refractivity contribution in [1.82, 2.24) is 0 Å². The van der Waals surface area contributed by atoms with Crippen LogP contribution in [0.5, 0.6) is 5.75 Å². The van der Waals surface area contributed by atoms with E-state index in [0.29, 0.717) is 48.7 Å². The Hall–Kier alpha value is -2.38. The standard InChI is InChI=1S/C24H32N2O4S/c1-2-3-4-5-6-16-31(28,29)22-10-11-23-19(18-22)12-14-26(23)24(27)20-8-7-9-21(17-20)30-15-13-25/h7-11,17-18H,2-6,12-16,25H2,1H3. The molecule has 0 bridgehead atoms. The number of benzene rings is 2. The predicted molar refractivity (Wildman–Crippen MR) is 124 cm³/mol. The van der Waals surface area contributed by atoms with E-state index in [0.717, 1.165) is 36.9 Å². The lowest BCUT2D eigenvalue weighted by Gasteiger charge is -2.18. The van der Waals surface area contributed by atoms with Crippen molar-refractivity contribution in [2.75, 3.05) is 30.3 Å². The third-order valence-electron chi connectivity index (χ3n) is 5.53. The number of anilines is 1. The molecule has 2 aromatic rings. The number of nitrogens with zero attached hydrogens (tertiary/aromatic N) is 1. The van der Waals surface area contributed by atoms with Crippen LogP contribution in [0, 0.1) is 0 Å². The average Bonchev–Trinajstić information content (AvgIpc) is 3.20. The Morgan fingerprint density at radius 3 is 2.68 bits per heavy atom. The number of fused-ring (bicyclic) bond motifs is 1. The van der Waals surface area contributed by atoms with E-state index < -0.39 is 9.84 Å². The van der Waals surface area contributed by atoms with E-state index in [1.807, 2.05) is 0 Å². The summed E-state index contributed by atoms with van der Waals surface area (Å²) >= 11 is 0. The molecule has 0 saturated heterocycles. The van der Waals surface area contributed by atoms with Gasteiger partial charge in [-0.3, -0.25) is 4.79 Å². The zero-order valence-corrected chi connectivity index (χ0v) is 19.0. The molecule has 6 nitrogen and oxygen atoms in total. The monoisotopic (exact) mass is 444 g/mol. The Morgan fingerprint density at radius 1 is 1.10 bits per heavy atom. The number of hydrogen-bond donors (Lipinski definition) is 1. The fraction of sp³-hybridized carbons (Fsp3) is 0.458. The van der Waals surface area contributed by atoms with Crippen molar-refractivity contribution in [3.05, 3.63) is 53.6 Å². The molecular weight excluding hydrogens is 412 g/mol. The number of nitrogens with two attached hydrogens (primary N) is 1. The zero-order valence-electron chi connectivity index (χ0n) is 18.2. The molecule has 2 aromatic carbocycles. The highest BCUT2D eigenvalue weighted by atomic mass is 32.2. The minimum atomic E-state index is -3.30. The molecule has 168 valence electrons. The molecular formula is C24H32N2O4S. The molecule has 0 atom stereocenters. The van der Waals surface area contributed by atoms with Gasteiger partial charge in [0.25, 0.3) is 5.91 Å². The van der Waals surface area contributed by atoms with Crippen molar-refractivity contribution >= 4 is 21.4 Å². The Balaban J connectivity index is 1.71. The molecule has 31 heavy (non-hydrogen) atoms. The second-order valence-electron chi connectivity index (χ2n) is 7.90.